The number of anilines is 2. The molecule has 3 aromatic carbocycles. The van der Waals surface area contributed by atoms with Gasteiger partial charge in [0, 0.05) is 40.7 Å². The van der Waals surface area contributed by atoms with E-state index in [2.05, 4.69) is 15.3 Å². The number of aromatic nitrogens is 2. The van der Waals surface area contributed by atoms with Crippen LogP contribution in [0.3, 0.4) is 0 Å². The lowest BCUT2D eigenvalue weighted by molar-refractivity contribution is 0.0983. The summed E-state index contributed by atoms with van der Waals surface area (Å²) in [4.78, 5) is 35.7. The van der Waals surface area contributed by atoms with Gasteiger partial charge in [-0.15, -0.1) is 11.6 Å². The molecular formula is C31H27ClN4O4. The zero-order chi connectivity index (χ0) is 28.0. The van der Waals surface area contributed by atoms with Crippen LogP contribution in [-0.2, 0) is 0 Å². The molecule has 1 aliphatic heterocycles. The Morgan fingerprint density at radius 3 is 2.73 bits per heavy atom. The standard InChI is InChI=1S/C31H27ClN4O4/c1-3-40-22-9-7-18(8-10-22)30(38)34-21-11-19-12-24(35-29(19)33-15-21)31(39)36-16-20(14-32)28-25(36)13-26(37)23-6-4-5-17(2)27(23)28/h4-13,15,20,37H,3,14,16H2,1-2H3,(H,33,35)(H,34,38)/t20-/m1/s1. The van der Waals surface area contributed by atoms with Crippen LogP contribution < -0.4 is 15.0 Å². The number of nitrogens with one attached hydrogen (secondary N) is 2. The fraction of sp³-hybridized carbons (Fsp3) is 0.194. The Morgan fingerprint density at radius 1 is 1.18 bits per heavy atom. The monoisotopic (exact) mass is 554 g/mol. The van der Waals surface area contributed by atoms with Crippen molar-refractivity contribution in [2.45, 2.75) is 19.8 Å². The van der Waals surface area contributed by atoms with Gasteiger partial charge < -0.3 is 25.0 Å². The van der Waals surface area contributed by atoms with Gasteiger partial charge in [-0.3, -0.25) is 9.59 Å². The number of hydrogen-bond acceptors (Lipinski definition) is 5. The number of carbonyl (C=O) groups excluding carboxylic acids is 2. The minimum Gasteiger partial charge on any atom is -0.507 e. The van der Waals surface area contributed by atoms with Gasteiger partial charge in [0.25, 0.3) is 11.8 Å². The van der Waals surface area contributed by atoms with E-state index >= 15 is 0 Å². The number of phenols is 1. The number of aromatic amines is 1. The van der Waals surface area contributed by atoms with E-state index in [-0.39, 0.29) is 23.5 Å². The summed E-state index contributed by atoms with van der Waals surface area (Å²) in [6.07, 6.45) is 1.54. The first-order chi connectivity index (χ1) is 19.4. The summed E-state index contributed by atoms with van der Waals surface area (Å²) in [6, 6.07) is 17.8. The summed E-state index contributed by atoms with van der Waals surface area (Å²) in [6.45, 7) is 4.84. The number of hydrogen-bond donors (Lipinski definition) is 3. The fourth-order valence-electron chi connectivity index (χ4n) is 5.43. The third-order valence-electron chi connectivity index (χ3n) is 7.29. The van der Waals surface area contributed by atoms with Crippen LogP contribution in [0.25, 0.3) is 21.8 Å². The van der Waals surface area contributed by atoms with Gasteiger partial charge in [0.1, 0.15) is 22.8 Å². The van der Waals surface area contributed by atoms with Crippen molar-refractivity contribution in [3.05, 3.63) is 89.2 Å². The largest absolute Gasteiger partial charge is 0.507 e. The summed E-state index contributed by atoms with van der Waals surface area (Å²) >= 11 is 6.37. The lowest BCUT2D eigenvalue weighted by Crippen LogP contribution is -2.30. The zero-order valence-corrected chi connectivity index (χ0v) is 22.7. The minimum atomic E-state index is -0.279. The highest BCUT2D eigenvalue weighted by molar-refractivity contribution is 6.19. The van der Waals surface area contributed by atoms with E-state index in [4.69, 9.17) is 16.3 Å². The van der Waals surface area contributed by atoms with Gasteiger partial charge >= 0.3 is 0 Å². The molecule has 0 spiro atoms. The predicted molar refractivity (Wildman–Crippen MR) is 157 cm³/mol. The van der Waals surface area contributed by atoms with Gasteiger partial charge in [-0.05, 0) is 66.8 Å². The summed E-state index contributed by atoms with van der Waals surface area (Å²) < 4.78 is 5.43. The molecule has 5 aromatic rings. The number of amides is 2. The van der Waals surface area contributed by atoms with Crippen LogP contribution in [0.2, 0.25) is 0 Å². The number of H-pyrrole nitrogens is 1. The van der Waals surface area contributed by atoms with Crippen molar-refractivity contribution in [1.29, 1.82) is 0 Å². The van der Waals surface area contributed by atoms with E-state index < -0.39 is 0 Å². The number of carbonyl (C=O) groups is 2. The Kier molecular flexibility index (Phi) is 6.56. The molecule has 0 saturated heterocycles. The average Bonchev–Trinajstić information content (AvgIpc) is 3.54. The van der Waals surface area contributed by atoms with Crippen LogP contribution in [0.5, 0.6) is 11.5 Å². The number of ether oxygens (including phenoxy) is 1. The Balaban J connectivity index is 1.28. The molecular weight excluding hydrogens is 528 g/mol. The molecule has 202 valence electrons. The van der Waals surface area contributed by atoms with Crippen LogP contribution in [-0.4, -0.2) is 45.9 Å². The van der Waals surface area contributed by atoms with Gasteiger partial charge in [-0.1, -0.05) is 18.2 Å². The molecule has 2 amide bonds. The number of alkyl halides is 1. The van der Waals surface area contributed by atoms with Gasteiger partial charge in [0.2, 0.25) is 0 Å². The lowest BCUT2D eigenvalue weighted by Gasteiger charge is -2.18. The first-order valence-electron chi connectivity index (χ1n) is 13.0. The van der Waals surface area contributed by atoms with Crippen LogP contribution in [0, 0.1) is 6.92 Å². The Hall–Kier alpha value is -4.56. The van der Waals surface area contributed by atoms with E-state index in [9.17, 15) is 14.7 Å². The van der Waals surface area contributed by atoms with Crippen LogP contribution in [0.15, 0.2) is 66.9 Å². The molecule has 9 heteroatoms. The molecule has 2 aromatic heterocycles. The van der Waals surface area contributed by atoms with E-state index in [0.717, 1.165) is 21.9 Å². The highest BCUT2D eigenvalue weighted by Crippen LogP contribution is 2.46. The average molecular weight is 555 g/mol. The smallest absolute Gasteiger partial charge is 0.274 e. The number of aromatic hydroxyl groups is 1. The second-order valence-corrected chi connectivity index (χ2v) is 10.2. The number of phenolic OH excluding ortho intramolecular Hbond substituents is 1. The van der Waals surface area contributed by atoms with Crippen molar-refractivity contribution < 1.29 is 19.4 Å². The predicted octanol–water partition coefficient (Wildman–Crippen LogP) is 6.36. The number of fused-ring (bicyclic) bond motifs is 4. The van der Waals surface area contributed by atoms with Crippen LogP contribution in [0.1, 0.15) is 44.8 Å². The number of pyridine rings is 1. The first-order valence-corrected chi connectivity index (χ1v) is 13.6. The molecule has 40 heavy (non-hydrogen) atoms. The second kappa shape index (κ2) is 10.2. The molecule has 0 fully saturated rings. The van der Waals surface area contributed by atoms with Crippen molar-refractivity contribution in [3.8, 4) is 11.5 Å². The van der Waals surface area contributed by atoms with Crippen molar-refractivity contribution in [2.75, 3.05) is 29.2 Å². The maximum absolute atomic E-state index is 13.8. The third kappa shape index (κ3) is 4.40. The highest BCUT2D eigenvalue weighted by atomic mass is 35.5. The lowest BCUT2D eigenvalue weighted by atomic mass is 9.92. The fourth-order valence-corrected chi connectivity index (χ4v) is 5.69. The molecule has 0 unspecified atom stereocenters. The van der Waals surface area contributed by atoms with Gasteiger partial charge in [0.05, 0.1) is 24.2 Å². The molecule has 8 nitrogen and oxygen atoms in total. The molecule has 0 aliphatic carbocycles. The summed E-state index contributed by atoms with van der Waals surface area (Å²) in [5, 5.41) is 16.0. The number of aryl methyl sites for hydroxylation is 1. The number of nitrogens with zero attached hydrogens (tertiary/aromatic N) is 2. The Labute approximate surface area is 235 Å². The molecule has 0 saturated carbocycles. The van der Waals surface area contributed by atoms with Crippen molar-refractivity contribution in [3.63, 3.8) is 0 Å². The molecule has 3 heterocycles. The maximum Gasteiger partial charge on any atom is 0.274 e. The SMILES string of the molecule is CCOc1ccc(C(=O)Nc2cnc3[nH]c(C(=O)N4C[C@@H](CCl)c5c4cc(O)c4cccc(C)c54)cc3c2)cc1. The number of benzene rings is 3. The molecule has 1 aliphatic rings. The van der Waals surface area contributed by atoms with Gasteiger partial charge in [0.15, 0.2) is 0 Å². The summed E-state index contributed by atoms with van der Waals surface area (Å²) in [7, 11) is 0. The Bertz CT molecular complexity index is 1780. The number of rotatable bonds is 6. The van der Waals surface area contributed by atoms with E-state index in [1.54, 1.807) is 53.6 Å². The Morgan fingerprint density at radius 2 is 1.98 bits per heavy atom. The normalized spacial score (nSPS) is 14.5. The highest BCUT2D eigenvalue weighted by Gasteiger charge is 2.35. The van der Waals surface area contributed by atoms with Gasteiger partial charge in [-0.2, -0.15) is 0 Å². The molecule has 0 radical (unpaired) electrons. The quantitative estimate of drug-likeness (QED) is 0.212. The van der Waals surface area contributed by atoms with Crippen LogP contribution in [0.4, 0.5) is 11.4 Å². The van der Waals surface area contributed by atoms with Crippen molar-refractivity contribution in [1.82, 2.24) is 9.97 Å². The summed E-state index contributed by atoms with van der Waals surface area (Å²) in [5.41, 5.74) is 4.51. The molecule has 6 rings (SSSR count). The second-order valence-electron chi connectivity index (χ2n) is 9.85. The van der Waals surface area contributed by atoms with E-state index in [1.807, 2.05) is 32.0 Å². The maximum atomic E-state index is 13.8. The molecule has 1 atom stereocenters. The van der Waals surface area contributed by atoms with Crippen molar-refractivity contribution >= 4 is 56.6 Å². The van der Waals surface area contributed by atoms with Crippen LogP contribution >= 0.6 is 11.6 Å². The zero-order valence-electron chi connectivity index (χ0n) is 22.0. The minimum absolute atomic E-state index is 0.0725. The molecule has 3 N–H and O–H groups in total. The third-order valence-corrected chi connectivity index (χ3v) is 7.66. The van der Waals surface area contributed by atoms with Crippen molar-refractivity contribution in [2.24, 2.45) is 0 Å². The number of halogens is 1. The summed E-state index contributed by atoms with van der Waals surface area (Å²) in [5.74, 6) is 0.561. The molecule has 0 bridgehead atoms. The van der Waals surface area contributed by atoms with E-state index in [0.29, 0.717) is 58.4 Å². The topological polar surface area (TPSA) is 108 Å². The van der Waals surface area contributed by atoms with Gasteiger partial charge in [-0.25, -0.2) is 4.98 Å². The van der Waals surface area contributed by atoms with E-state index in [1.165, 1.54) is 0 Å². The first kappa shape index (κ1) is 25.7.